The van der Waals surface area contributed by atoms with Crippen molar-refractivity contribution in [2.75, 3.05) is 12.4 Å². The van der Waals surface area contributed by atoms with Crippen LogP contribution in [0.1, 0.15) is 26.3 Å². The maximum atomic E-state index is 13.5. The molecule has 7 nitrogen and oxygen atoms in total. The highest BCUT2D eigenvalue weighted by molar-refractivity contribution is 7.14. The van der Waals surface area contributed by atoms with Gasteiger partial charge in [0.1, 0.15) is 11.8 Å². The van der Waals surface area contributed by atoms with Crippen LogP contribution in [0, 0.1) is 0 Å². The van der Waals surface area contributed by atoms with Crippen LogP contribution in [0.2, 0.25) is 0 Å². The molecule has 1 N–H and O–H groups in total. The second kappa shape index (κ2) is 9.52. The highest BCUT2D eigenvalue weighted by Crippen LogP contribution is 2.32. The molecule has 0 spiro atoms. The Morgan fingerprint density at radius 1 is 0.914 bits per heavy atom. The molecule has 1 aliphatic heterocycles. The van der Waals surface area contributed by atoms with E-state index in [4.69, 9.17) is 4.74 Å². The van der Waals surface area contributed by atoms with Gasteiger partial charge in [0, 0.05) is 17.4 Å². The molecule has 1 atom stereocenters. The van der Waals surface area contributed by atoms with Gasteiger partial charge >= 0.3 is 0 Å². The van der Waals surface area contributed by atoms with E-state index in [9.17, 15) is 14.4 Å². The van der Waals surface area contributed by atoms with Gasteiger partial charge in [0.05, 0.1) is 23.9 Å². The minimum atomic E-state index is -1.04. The van der Waals surface area contributed by atoms with Gasteiger partial charge in [-0.2, -0.15) is 0 Å². The standard InChI is InChI=1S/C27H21N3O4S/c1-34-23-14-8-7-13-20(23)21-16-35-27(28-21)29-24(31)22(15-17-9-3-2-4-10-17)30-25(32)18-11-5-6-12-19(18)26(30)33/h2-14,16,22H,15H2,1H3,(H,28,29,31). The zero-order chi connectivity index (χ0) is 24.4. The summed E-state index contributed by atoms with van der Waals surface area (Å²) >= 11 is 1.26. The van der Waals surface area contributed by atoms with Crippen LogP contribution in [0.25, 0.3) is 11.3 Å². The van der Waals surface area contributed by atoms with Crippen LogP contribution in [0.3, 0.4) is 0 Å². The van der Waals surface area contributed by atoms with Crippen molar-refractivity contribution < 1.29 is 19.1 Å². The van der Waals surface area contributed by atoms with E-state index in [1.165, 1.54) is 11.3 Å². The van der Waals surface area contributed by atoms with E-state index >= 15 is 0 Å². The number of ether oxygens (including phenoxy) is 1. The van der Waals surface area contributed by atoms with E-state index in [-0.39, 0.29) is 6.42 Å². The van der Waals surface area contributed by atoms with Gasteiger partial charge in [-0.15, -0.1) is 11.3 Å². The van der Waals surface area contributed by atoms with Crippen molar-refractivity contribution in [2.24, 2.45) is 0 Å². The minimum Gasteiger partial charge on any atom is -0.496 e. The van der Waals surface area contributed by atoms with E-state index < -0.39 is 23.8 Å². The highest BCUT2D eigenvalue weighted by atomic mass is 32.1. The zero-order valence-electron chi connectivity index (χ0n) is 18.8. The van der Waals surface area contributed by atoms with Crippen molar-refractivity contribution in [1.82, 2.24) is 9.88 Å². The number of hydrogen-bond donors (Lipinski definition) is 1. The fourth-order valence-corrected chi connectivity index (χ4v) is 4.84. The Kier molecular flexibility index (Phi) is 6.12. The van der Waals surface area contributed by atoms with E-state index in [1.807, 2.05) is 60.0 Å². The normalized spacial score (nSPS) is 13.5. The van der Waals surface area contributed by atoms with Gasteiger partial charge in [-0.25, -0.2) is 4.98 Å². The molecule has 4 aromatic rings. The second-order valence-electron chi connectivity index (χ2n) is 7.96. The van der Waals surface area contributed by atoms with Gasteiger partial charge in [0.25, 0.3) is 11.8 Å². The summed E-state index contributed by atoms with van der Waals surface area (Å²) in [7, 11) is 1.59. The maximum absolute atomic E-state index is 13.5. The molecule has 5 rings (SSSR count). The molecule has 0 aliphatic carbocycles. The third-order valence-electron chi connectivity index (χ3n) is 5.83. The maximum Gasteiger partial charge on any atom is 0.262 e. The van der Waals surface area contributed by atoms with Gasteiger partial charge in [0.15, 0.2) is 5.13 Å². The van der Waals surface area contributed by atoms with Gasteiger partial charge in [-0.05, 0) is 29.8 Å². The molecule has 0 saturated heterocycles. The Balaban J connectivity index is 1.44. The molecule has 0 radical (unpaired) electrons. The summed E-state index contributed by atoms with van der Waals surface area (Å²) in [6.45, 7) is 0. The third kappa shape index (κ3) is 4.31. The molecular formula is C27H21N3O4S. The number of nitrogens with one attached hydrogen (secondary N) is 1. The van der Waals surface area contributed by atoms with Crippen LogP contribution in [0.5, 0.6) is 5.75 Å². The van der Waals surface area contributed by atoms with Gasteiger partial charge in [-0.3, -0.25) is 19.3 Å². The van der Waals surface area contributed by atoms with Crippen molar-refractivity contribution in [2.45, 2.75) is 12.5 Å². The predicted octanol–water partition coefficient (Wildman–Crippen LogP) is 4.66. The first-order valence-corrected chi connectivity index (χ1v) is 11.9. The lowest BCUT2D eigenvalue weighted by Gasteiger charge is -2.25. The van der Waals surface area contributed by atoms with Crippen LogP contribution >= 0.6 is 11.3 Å². The Labute approximate surface area is 206 Å². The summed E-state index contributed by atoms with van der Waals surface area (Å²) < 4.78 is 5.41. The van der Waals surface area contributed by atoms with Crippen LogP contribution in [0.15, 0.2) is 84.2 Å². The Morgan fingerprint density at radius 3 is 2.17 bits per heavy atom. The number of fused-ring (bicyclic) bond motifs is 1. The van der Waals surface area contributed by atoms with Crippen molar-refractivity contribution in [3.63, 3.8) is 0 Å². The lowest BCUT2D eigenvalue weighted by atomic mass is 10.0. The number of nitrogens with zero attached hydrogens (tertiary/aromatic N) is 2. The molecule has 3 amide bonds. The number of benzene rings is 3. The zero-order valence-corrected chi connectivity index (χ0v) is 19.6. The quantitative estimate of drug-likeness (QED) is 0.386. The number of para-hydroxylation sites is 1. The van der Waals surface area contributed by atoms with Crippen LogP contribution in [-0.2, 0) is 11.2 Å². The Morgan fingerprint density at radius 2 is 1.51 bits per heavy atom. The first-order valence-electron chi connectivity index (χ1n) is 11.0. The number of anilines is 1. The first-order chi connectivity index (χ1) is 17.1. The largest absolute Gasteiger partial charge is 0.496 e. The smallest absolute Gasteiger partial charge is 0.262 e. The van der Waals surface area contributed by atoms with Crippen LogP contribution < -0.4 is 10.1 Å². The average Bonchev–Trinajstić information content (AvgIpc) is 3.46. The van der Waals surface area contributed by atoms with Crippen molar-refractivity contribution in [3.8, 4) is 17.0 Å². The molecule has 2 heterocycles. The molecular weight excluding hydrogens is 462 g/mol. The first kappa shape index (κ1) is 22.5. The summed E-state index contributed by atoms with van der Waals surface area (Å²) in [6, 6.07) is 22.4. The number of carbonyl (C=O) groups is 3. The number of rotatable bonds is 7. The van der Waals surface area contributed by atoms with E-state index in [2.05, 4.69) is 10.3 Å². The van der Waals surface area contributed by atoms with Gasteiger partial charge in [-0.1, -0.05) is 54.6 Å². The second-order valence-corrected chi connectivity index (χ2v) is 8.82. The molecule has 1 aliphatic rings. The summed E-state index contributed by atoms with van der Waals surface area (Å²) in [4.78, 5) is 45.4. The Hall–Kier alpha value is -4.30. The summed E-state index contributed by atoms with van der Waals surface area (Å²) in [6.07, 6.45) is 0.183. The number of hydrogen-bond acceptors (Lipinski definition) is 6. The van der Waals surface area contributed by atoms with Crippen LogP contribution in [0.4, 0.5) is 5.13 Å². The molecule has 35 heavy (non-hydrogen) atoms. The average molecular weight is 484 g/mol. The number of amides is 3. The van der Waals surface area contributed by atoms with E-state index in [0.29, 0.717) is 27.7 Å². The van der Waals surface area contributed by atoms with Crippen molar-refractivity contribution in [3.05, 3.63) is 101 Å². The predicted molar refractivity (Wildman–Crippen MR) is 134 cm³/mol. The molecule has 3 aromatic carbocycles. The topological polar surface area (TPSA) is 88.6 Å². The molecule has 0 saturated carbocycles. The molecule has 0 bridgehead atoms. The summed E-state index contributed by atoms with van der Waals surface area (Å²) in [5.74, 6) is -0.765. The van der Waals surface area contributed by atoms with Crippen molar-refractivity contribution >= 4 is 34.2 Å². The lowest BCUT2D eigenvalue weighted by molar-refractivity contribution is -0.119. The molecule has 174 valence electrons. The van der Waals surface area contributed by atoms with Crippen LogP contribution in [-0.4, -0.2) is 40.8 Å². The lowest BCUT2D eigenvalue weighted by Crippen LogP contribution is -2.48. The molecule has 0 fully saturated rings. The monoisotopic (exact) mass is 483 g/mol. The number of thiazole rings is 1. The summed E-state index contributed by atoms with van der Waals surface area (Å²) in [5.41, 5.74) is 2.89. The number of methoxy groups -OCH3 is 1. The highest BCUT2D eigenvalue weighted by Gasteiger charge is 2.42. The fourth-order valence-electron chi connectivity index (χ4n) is 4.13. The van der Waals surface area contributed by atoms with E-state index in [0.717, 1.165) is 16.0 Å². The van der Waals surface area contributed by atoms with Gasteiger partial charge < -0.3 is 10.1 Å². The minimum absolute atomic E-state index is 0.183. The van der Waals surface area contributed by atoms with Crippen molar-refractivity contribution in [1.29, 1.82) is 0 Å². The third-order valence-corrected chi connectivity index (χ3v) is 6.59. The molecule has 8 heteroatoms. The van der Waals surface area contributed by atoms with E-state index in [1.54, 1.807) is 31.4 Å². The fraction of sp³-hybridized carbons (Fsp3) is 0.111. The molecule has 1 unspecified atom stereocenters. The molecule has 1 aromatic heterocycles. The summed E-state index contributed by atoms with van der Waals surface area (Å²) in [5, 5.41) is 5.00. The number of imide groups is 1. The number of carbonyl (C=O) groups excluding carboxylic acids is 3. The SMILES string of the molecule is COc1ccccc1-c1csc(NC(=O)C(Cc2ccccc2)N2C(=O)c3ccccc3C2=O)n1. The Bertz CT molecular complexity index is 1380. The number of aromatic nitrogens is 1. The van der Waals surface area contributed by atoms with Gasteiger partial charge in [0.2, 0.25) is 5.91 Å².